The van der Waals surface area contributed by atoms with Crippen LogP contribution < -0.4 is 0 Å². The quantitative estimate of drug-likeness (QED) is 0.755. The molecule has 0 fully saturated rings. The van der Waals surface area contributed by atoms with Crippen molar-refractivity contribution >= 4 is 27.3 Å². The molecule has 118 valence electrons. The minimum absolute atomic E-state index is 0.200. The molecule has 0 saturated heterocycles. The highest BCUT2D eigenvalue weighted by atomic mass is 79.9. The molecule has 0 bridgehead atoms. The second-order valence-electron chi connectivity index (χ2n) is 4.35. The van der Waals surface area contributed by atoms with Crippen molar-refractivity contribution in [3.8, 4) is 11.8 Å². The summed E-state index contributed by atoms with van der Waals surface area (Å²) in [4.78, 5) is 1.26. The molecule has 1 N–H and O–H groups in total. The average Bonchev–Trinajstić information content (AvgIpc) is 3.01. The zero-order chi connectivity index (χ0) is 16.4. The van der Waals surface area contributed by atoms with Crippen molar-refractivity contribution in [2.45, 2.75) is 26.4 Å². The van der Waals surface area contributed by atoms with Crippen LogP contribution in [0, 0.1) is 11.8 Å². The molecule has 1 atom stereocenters. The van der Waals surface area contributed by atoms with E-state index in [0.717, 1.165) is 35.7 Å². The summed E-state index contributed by atoms with van der Waals surface area (Å²) in [5, 5.41) is 9.10. The molecule has 0 aliphatic carbocycles. The van der Waals surface area contributed by atoms with E-state index in [2.05, 4.69) is 46.1 Å². The standard InChI is InChI=1S/C17H17BrOS.CH4O/c1-3-16(19-4-2)17-11-14(12-20-17)9-8-13-6-5-7-15(18)10-13;1-2/h5-7,10-12,16H,3-4H2,1-2H3;2H,1H3. The Kier molecular flexibility index (Phi) is 9.10. The molecule has 2 aromatic rings. The number of benzene rings is 1. The molecule has 1 unspecified atom stereocenters. The highest BCUT2D eigenvalue weighted by Crippen LogP contribution is 2.27. The number of rotatable bonds is 4. The molecular weight excluding hydrogens is 360 g/mol. The molecule has 0 radical (unpaired) electrons. The van der Waals surface area contributed by atoms with Gasteiger partial charge in [0.25, 0.3) is 0 Å². The molecule has 0 saturated carbocycles. The topological polar surface area (TPSA) is 29.5 Å². The lowest BCUT2D eigenvalue weighted by molar-refractivity contribution is 0.0623. The van der Waals surface area contributed by atoms with E-state index in [1.54, 1.807) is 11.3 Å². The van der Waals surface area contributed by atoms with Crippen molar-refractivity contribution in [1.29, 1.82) is 0 Å². The van der Waals surface area contributed by atoms with E-state index < -0.39 is 0 Å². The van der Waals surface area contributed by atoms with Crippen molar-refractivity contribution in [3.05, 3.63) is 56.2 Å². The molecule has 4 heteroatoms. The van der Waals surface area contributed by atoms with Crippen LogP contribution in [0.15, 0.2) is 40.2 Å². The molecule has 1 aromatic heterocycles. The molecular formula is C18H21BrO2S. The fourth-order valence-electron chi connectivity index (χ4n) is 1.90. The number of hydrogen-bond donors (Lipinski definition) is 1. The van der Waals surface area contributed by atoms with E-state index in [9.17, 15) is 0 Å². The predicted molar refractivity (Wildman–Crippen MR) is 97.2 cm³/mol. The molecule has 22 heavy (non-hydrogen) atoms. The van der Waals surface area contributed by atoms with E-state index in [-0.39, 0.29) is 6.10 Å². The van der Waals surface area contributed by atoms with Crippen molar-refractivity contribution in [1.82, 2.24) is 0 Å². The second kappa shape index (κ2) is 10.6. The molecule has 1 aromatic carbocycles. The van der Waals surface area contributed by atoms with Gasteiger partial charge in [0.15, 0.2) is 0 Å². The van der Waals surface area contributed by atoms with Gasteiger partial charge in [0.05, 0.1) is 6.10 Å². The van der Waals surface area contributed by atoms with E-state index in [0.29, 0.717) is 0 Å². The summed E-state index contributed by atoms with van der Waals surface area (Å²) in [5.74, 6) is 6.40. The molecule has 2 rings (SSSR count). The minimum atomic E-state index is 0.200. The summed E-state index contributed by atoms with van der Waals surface area (Å²) in [7, 11) is 1.00. The molecule has 0 amide bonds. The van der Waals surface area contributed by atoms with Crippen molar-refractivity contribution < 1.29 is 9.84 Å². The highest BCUT2D eigenvalue weighted by molar-refractivity contribution is 9.10. The summed E-state index contributed by atoms with van der Waals surface area (Å²) in [6, 6.07) is 10.2. The minimum Gasteiger partial charge on any atom is -0.400 e. The summed E-state index contributed by atoms with van der Waals surface area (Å²) in [6.07, 6.45) is 1.19. The number of halogens is 1. The van der Waals surface area contributed by atoms with Crippen LogP contribution in [0.25, 0.3) is 0 Å². The molecule has 1 heterocycles. The highest BCUT2D eigenvalue weighted by Gasteiger charge is 2.10. The Hall–Kier alpha value is -1.12. The normalized spacial score (nSPS) is 11.0. The third-order valence-corrected chi connectivity index (χ3v) is 4.37. The maximum absolute atomic E-state index is 7.00. The monoisotopic (exact) mass is 380 g/mol. The number of hydrogen-bond acceptors (Lipinski definition) is 3. The number of aliphatic hydroxyl groups is 1. The number of ether oxygens (including phenoxy) is 1. The van der Waals surface area contributed by atoms with E-state index in [1.165, 1.54) is 4.88 Å². The maximum atomic E-state index is 7.00. The summed E-state index contributed by atoms with van der Waals surface area (Å²) in [6.45, 7) is 4.92. The van der Waals surface area contributed by atoms with Crippen LogP contribution in [0.1, 0.15) is 42.4 Å². The predicted octanol–water partition coefficient (Wildman–Crippen LogP) is 5.01. The Balaban J connectivity index is 0.00000116. The Bertz CT molecular complexity index is 625. The average molecular weight is 381 g/mol. The van der Waals surface area contributed by atoms with Gasteiger partial charge in [-0.25, -0.2) is 0 Å². The van der Waals surface area contributed by atoms with Crippen LogP contribution in [0.5, 0.6) is 0 Å². The fraction of sp³-hybridized carbons (Fsp3) is 0.333. The first kappa shape index (κ1) is 18.9. The van der Waals surface area contributed by atoms with Crippen LogP contribution in [0.4, 0.5) is 0 Å². The van der Waals surface area contributed by atoms with Gasteiger partial charge in [-0.2, -0.15) is 0 Å². The van der Waals surface area contributed by atoms with Gasteiger partial charge in [-0.05, 0) is 37.6 Å². The number of thiophene rings is 1. The SMILES string of the molecule is CCOC(CC)c1cc(C#Cc2cccc(Br)c2)cs1.CO. The van der Waals surface area contributed by atoms with Gasteiger partial charge < -0.3 is 9.84 Å². The smallest absolute Gasteiger partial charge is 0.0914 e. The van der Waals surface area contributed by atoms with Gasteiger partial charge in [0.2, 0.25) is 0 Å². The van der Waals surface area contributed by atoms with E-state index >= 15 is 0 Å². The van der Waals surface area contributed by atoms with Gasteiger partial charge in [-0.3, -0.25) is 0 Å². The molecule has 2 nitrogen and oxygen atoms in total. The largest absolute Gasteiger partial charge is 0.400 e. The third-order valence-electron chi connectivity index (χ3n) is 2.85. The Morgan fingerprint density at radius 2 is 1.91 bits per heavy atom. The Morgan fingerprint density at radius 3 is 2.55 bits per heavy atom. The van der Waals surface area contributed by atoms with Gasteiger partial charge in [-0.15, -0.1) is 11.3 Å². The van der Waals surface area contributed by atoms with Crippen LogP contribution in [0.2, 0.25) is 0 Å². The van der Waals surface area contributed by atoms with Crippen LogP contribution in [-0.2, 0) is 4.74 Å². The summed E-state index contributed by atoms with van der Waals surface area (Å²) >= 11 is 5.18. The molecule has 0 aliphatic rings. The van der Waals surface area contributed by atoms with Crippen LogP contribution in [0.3, 0.4) is 0 Å². The first-order chi connectivity index (χ1) is 10.7. The van der Waals surface area contributed by atoms with Crippen LogP contribution >= 0.6 is 27.3 Å². The molecule has 0 spiro atoms. The van der Waals surface area contributed by atoms with E-state index in [4.69, 9.17) is 9.84 Å². The lowest BCUT2D eigenvalue weighted by atomic mass is 10.2. The Morgan fingerprint density at radius 1 is 1.18 bits per heavy atom. The Labute approximate surface area is 145 Å². The lowest BCUT2D eigenvalue weighted by Gasteiger charge is -2.12. The third kappa shape index (κ3) is 5.94. The van der Waals surface area contributed by atoms with Gasteiger partial charge in [-0.1, -0.05) is 40.8 Å². The van der Waals surface area contributed by atoms with Gasteiger partial charge >= 0.3 is 0 Å². The maximum Gasteiger partial charge on any atom is 0.0914 e. The molecule has 0 aliphatic heterocycles. The zero-order valence-electron chi connectivity index (χ0n) is 13.1. The van der Waals surface area contributed by atoms with E-state index in [1.807, 2.05) is 31.2 Å². The van der Waals surface area contributed by atoms with Crippen molar-refractivity contribution in [3.63, 3.8) is 0 Å². The number of aliphatic hydroxyl groups excluding tert-OH is 1. The van der Waals surface area contributed by atoms with Gasteiger partial charge in [0.1, 0.15) is 0 Å². The zero-order valence-corrected chi connectivity index (χ0v) is 15.5. The second-order valence-corrected chi connectivity index (χ2v) is 6.21. The van der Waals surface area contributed by atoms with Crippen LogP contribution in [-0.4, -0.2) is 18.8 Å². The summed E-state index contributed by atoms with van der Waals surface area (Å²) in [5.41, 5.74) is 2.08. The van der Waals surface area contributed by atoms with Crippen molar-refractivity contribution in [2.75, 3.05) is 13.7 Å². The first-order valence-electron chi connectivity index (χ1n) is 7.15. The summed E-state index contributed by atoms with van der Waals surface area (Å²) < 4.78 is 6.78. The van der Waals surface area contributed by atoms with Crippen molar-refractivity contribution in [2.24, 2.45) is 0 Å². The van der Waals surface area contributed by atoms with Gasteiger partial charge in [0, 0.05) is 39.6 Å². The lowest BCUT2D eigenvalue weighted by Crippen LogP contribution is -2.00. The fourth-order valence-corrected chi connectivity index (χ4v) is 3.27. The first-order valence-corrected chi connectivity index (χ1v) is 8.82.